The van der Waals surface area contributed by atoms with Crippen molar-refractivity contribution in [3.05, 3.63) is 28.8 Å². The molecule has 0 saturated carbocycles. The fraction of sp³-hybridized carbons (Fsp3) is 0.625. The Hall–Kier alpha value is -0.420. The van der Waals surface area contributed by atoms with Gasteiger partial charge in [-0.25, -0.2) is 0 Å². The molecule has 1 aromatic rings. The van der Waals surface area contributed by atoms with Gasteiger partial charge in [0.1, 0.15) is 11.9 Å². The van der Waals surface area contributed by atoms with Crippen molar-refractivity contribution in [2.75, 3.05) is 18.1 Å². The van der Waals surface area contributed by atoms with Crippen LogP contribution in [-0.4, -0.2) is 34.9 Å². The maximum atomic E-state index is 9.12. The first-order chi connectivity index (χ1) is 10.2. The predicted molar refractivity (Wildman–Crippen MR) is 86.3 cm³/mol. The molecule has 2 aliphatic rings. The Balaban J connectivity index is 1.67. The molecule has 0 bridgehead atoms. The Morgan fingerprint density at radius 2 is 2.19 bits per heavy atom. The van der Waals surface area contributed by atoms with E-state index in [1.54, 1.807) is 6.07 Å². The number of halogens is 1. The molecule has 0 aromatic heterocycles. The summed E-state index contributed by atoms with van der Waals surface area (Å²) < 4.78 is 12.2. The van der Waals surface area contributed by atoms with E-state index in [2.05, 4.69) is 0 Å². The number of aliphatic hydroxyl groups excluding tert-OH is 1. The van der Waals surface area contributed by atoms with E-state index in [9.17, 15) is 0 Å². The lowest BCUT2D eigenvalue weighted by molar-refractivity contribution is -0.116. The molecule has 2 fully saturated rings. The summed E-state index contributed by atoms with van der Waals surface area (Å²) in [5, 5.41) is 9.69. The summed E-state index contributed by atoms with van der Waals surface area (Å²) in [6.07, 6.45) is 4.27. The minimum absolute atomic E-state index is 0.00194. The molecule has 5 heteroatoms. The topological polar surface area (TPSA) is 38.7 Å². The van der Waals surface area contributed by atoms with Crippen LogP contribution >= 0.6 is 23.4 Å². The molecule has 2 heterocycles. The van der Waals surface area contributed by atoms with Crippen molar-refractivity contribution in [3.63, 3.8) is 0 Å². The van der Waals surface area contributed by atoms with Gasteiger partial charge in [-0.2, -0.15) is 11.8 Å². The quantitative estimate of drug-likeness (QED) is 0.919. The van der Waals surface area contributed by atoms with Gasteiger partial charge in [-0.15, -0.1) is 0 Å². The van der Waals surface area contributed by atoms with Gasteiger partial charge in [-0.1, -0.05) is 17.7 Å². The monoisotopic (exact) mass is 328 g/mol. The number of aliphatic hydroxyl groups is 1. The zero-order valence-corrected chi connectivity index (χ0v) is 13.6. The maximum Gasteiger partial charge on any atom is 0.138 e. The largest absolute Gasteiger partial charge is 0.489 e. The van der Waals surface area contributed by atoms with E-state index >= 15 is 0 Å². The van der Waals surface area contributed by atoms with Crippen LogP contribution < -0.4 is 4.74 Å². The van der Waals surface area contributed by atoms with Crippen LogP contribution in [0.25, 0.3) is 0 Å². The van der Waals surface area contributed by atoms with Crippen molar-refractivity contribution in [1.29, 1.82) is 0 Å². The number of thioether (sulfide) groups is 1. The standard InChI is InChI=1S/C16H21ClO3S/c17-14-9-12(11-18)1-2-15(14)20-13-3-6-19-16(10-13)4-7-21-8-5-16/h1-2,9,13,18H,3-8,10-11H2. The van der Waals surface area contributed by atoms with Crippen molar-refractivity contribution >= 4 is 23.4 Å². The smallest absolute Gasteiger partial charge is 0.138 e. The molecule has 0 radical (unpaired) electrons. The van der Waals surface area contributed by atoms with Crippen LogP contribution in [0.15, 0.2) is 18.2 Å². The molecule has 116 valence electrons. The zero-order valence-electron chi connectivity index (χ0n) is 12.0. The Bertz CT molecular complexity index is 483. The van der Waals surface area contributed by atoms with Gasteiger partial charge in [0.25, 0.3) is 0 Å². The molecule has 1 N–H and O–H groups in total. The van der Waals surface area contributed by atoms with Crippen molar-refractivity contribution < 1.29 is 14.6 Å². The van der Waals surface area contributed by atoms with Gasteiger partial charge < -0.3 is 14.6 Å². The Labute approximate surface area is 135 Å². The summed E-state index contributed by atoms with van der Waals surface area (Å²) >= 11 is 8.24. The van der Waals surface area contributed by atoms with Gasteiger partial charge in [-0.05, 0) is 42.0 Å². The highest BCUT2D eigenvalue weighted by molar-refractivity contribution is 7.99. The molecule has 21 heavy (non-hydrogen) atoms. The number of ether oxygens (including phenoxy) is 2. The minimum atomic E-state index is -0.00194. The number of rotatable bonds is 3. The number of hydrogen-bond donors (Lipinski definition) is 1. The molecular weight excluding hydrogens is 308 g/mol. The Morgan fingerprint density at radius 1 is 1.38 bits per heavy atom. The lowest BCUT2D eigenvalue weighted by Crippen LogP contribution is -2.46. The molecular formula is C16H21ClO3S. The van der Waals surface area contributed by atoms with Crippen LogP contribution in [0.2, 0.25) is 5.02 Å². The molecule has 0 aliphatic carbocycles. The molecule has 0 amide bonds. The van der Waals surface area contributed by atoms with Crippen molar-refractivity contribution in [2.24, 2.45) is 0 Å². The SMILES string of the molecule is OCc1ccc(OC2CCOC3(CCSCC3)C2)c(Cl)c1. The van der Waals surface area contributed by atoms with E-state index in [-0.39, 0.29) is 18.3 Å². The van der Waals surface area contributed by atoms with Gasteiger partial charge in [0.2, 0.25) is 0 Å². The molecule has 2 aliphatic heterocycles. The highest BCUT2D eigenvalue weighted by Gasteiger charge is 2.39. The van der Waals surface area contributed by atoms with Crippen LogP contribution in [-0.2, 0) is 11.3 Å². The third-order valence-corrected chi connectivity index (χ3v) is 5.61. The third kappa shape index (κ3) is 3.67. The van der Waals surface area contributed by atoms with Crippen LogP contribution in [0, 0.1) is 0 Å². The predicted octanol–water partition coefficient (Wildman–Crippen LogP) is 3.66. The van der Waals surface area contributed by atoms with Gasteiger partial charge in [0, 0.05) is 12.8 Å². The molecule has 1 spiro atoms. The summed E-state index contributed by atoms with van der Waals surface area (Å²) in [6.45, 7) is 0.764. The lowest BCUT2D eigenvalue weighted by Gasteiger charge is -2.43. The van der Waals surface area contributed by atoms with E-state index in [4.69, 9.17) is 26.2 Å². The average molecular weight is 329 g/mol. The van der Waals surface area contributed by atoms with E-state index in [0.29, 0.717) is 10.8 Å². The first-order valence-electron chi connectivity index (χ1n) is 7.48. The second-order valence-corrected chi connectivity index (χ2v) is 7.43. The van der Waals surface area contributed by atoms with Gasteiger partial charge >= 0.3 is 0 Å². The summed E-state index contributed by atoms with van der Waals surface area (Å²) in [5.41, 5.74) is 0.825. The van der Waals surface area contributed by atoms with Crippen molar-refractivity contribution in [3.8, 4) is 5.75 Å². The van der Waals surface area contributed by atoms with Crippen LogP contribution in [0.5, 0.6) is 5.75 Å². The van der Waals surface area contributed by atoms with E-state index < -0.39 is 0 Å². The van der Waals surface area contributed by atoms with Gasteiger partial charge in [-0.3, -0.25) is 0 Å². The summed E-state index contributed by atoms with van der Waals surface area (Å²) in [6, 6.07) is 5.48. The van der Waals surface area contributed by atoms with E-state index in [1.807, 2.05) is 23.9 Å². The highest BCUT2D eigenvalue weighted by Crippen LogP contribution is 2.39. The van der Waals surface area contributed by atoms with Crippen LogP contribution in [0.1, 0.15) is 31.2 Å². The van der Waals surface area contributed by atoms with Crippen LogP contribution in [0.3, 0.4) is 0 Å². The third-order valence-electron chi connectivity index (χ3n) is 4.32. The van der Waals surface area contributed by atoms with Crippen molar-refractivity contribution in [1.82, 2.24) is 0 Å². The molecule has 3 nitrogen and oxygen atoms in total. The van der Waals surface area contributed by atoms with Gasteiger partial charge in [0.15, 0.2) is 0 Å². The zero-order chi connectivity index (χ0) is 14.7. The maximum absolute atomic E-state index is 9.12. The second-order valence-electron chi connectivity index (χ2n) is 5.80. The van der Waals surface area contributed by atoms with Crippen LogP contribution in [0.4, 0.5) is 0 Å². The summed E-state index contributed by atoms with van der Waals surface area (Å²) in [4.78, 5) is 0. The molecule has 1 atom stereocenters. The highest BCUT2D eigenvalue weighted by atomic mass is 35.5. The second kappa shape index (κ2) is 6.78. The van der Waals surface area contributed by atoms with E-state index in [0.717, 1.165) is 37.9 Å². The Kier molecular flexibility index (Phi) is 4.99. The fourth-order valence-corrected chi connectivity index (χ4v) is 4.58. The Morgan fingerprint density at radius 3 is 2.90 bits per heavy atom. The van der Waals surface area contributed by atoms with Crippen molar-refractivity contribution in [2.45, 2.75) is 44.0 Å². The fourth-order valence-electron chi connectivity index (χ4n) is 3.09. The van der Waals surface area contributed by atoms with Gasteiger partial charge in [0.05, 0.1) is 23.8 Å². The first-order valence-corrected chi connectivity index (χ1v) is 9.02. The molecule has 2 saturated heterocycles. The normalized spacial score (nSPS) is 25.0. The minimum Gasteiger partial charge on any atom is -0.489 e. The molecule has 3 rings (SSSR count). The summed E-state index contributed by atoms with van der Waals surface area (Å²) in [7, 11) is 0. The number of hydrogen-bond acceptors (Lipinski definition) is 4. The summed E-state index contributed by atoms with van der Waals surface area (Å²) in [5.74, 6) is 3.07. The molecule has 1 aromatic carbocycles. The molecule has 1 unspecified atom stereocenters. The lowest BCUT2D eigenvalue weighted by atomic mass is 9.86. The average Bonchev–Trinajstić information content (AvgIpc) is 2.50. The van der Waals surface area contributed by atoms with E-state index in [1.165, 1.54) is 11.5 Å². The first kappa shape index (κ1) is 15.5. The number of benzene rings is 1.